The van der Waals surface area contributed by atoms with Gasteiger partial charge >= 0.3 is 0 Å². The molecule has 0 radical (unpaired) electrons. The molecule has 5 heteroatoms. The van der Waals surface area contributed by atoms with Crippen LogP contribution in [-0.2, 0) is 0 Å². The van der Waals surface area contributed by atoms with Gasteiger partial charge in [0.15, 0.2) is 17.5 Å². The second-order valence-electron chi connectivity index (χ2n) is 12.3. The van der Waals surface area contributed by atoms with Gasteiger partial charge in [-0.15, -0.1) is 11.3 Å². The number of benzene rings is 7. The van der Waals surface area contributed by atoms with Crippen LogP contribution in [0.2, 0.25) is 0 Å². The molecular formula is C44H26N4S. The van der Waals surface area contributed by atoms with E-state index in [1.165, 1.54) is 36.3 Å². The van der Waals surface area contributed by atoms with Crippen molar-refractivity contribution in [2.24, 2.45) is 0 Å². The van der Waals surface area contributed by atoms with Gasteiger partial charge in [-0.1, -0.05) is 115 Å². The molecule has 0 amide bonds. The molecule has 0 aliphatic heterocycles. The Morgan fingerprint density at radius 2 is 1.00 bits per heavy atom. The van der Waals surface area contributed by atoms with Crippen molar-refractivity contribution in [3.8, 4) is 45.3 Å². The minimum atomic E-state index is 0.642. The Morgan fingerprint density at radius 1 is 0.388 bits per heavy atom. The van der Waals surface area contributed by atoms with E-state index in [9.17, 15) is 0 Å². The summed E-state index contributed by atoms with van der Waals surface area (Å²) < 4.78 is 2.46. The van der Waals surface area contributed by atoms with Gasteiger partial charge in [-0.05, 0) is 73.8 Å². The molecule has 10 rings (SSSR count). The third-order valence-electron chi connectivity index (χ3n) is 9.36. The van der Waals surface area contributed by atoms with Gasteiger partial charge in [-0.3, -0.25) is 4.98 Å². The lowest BCUT2D eigenvalue weighted by Crippen LogP contribution is -2.00. The summed E-state index contributed by atoms with van der Waals surface area (Å²) in [4.78, 5) is 19.8. The average Bonchev–Trinajstić information content (AvgIpc) is 3.56. The highest BCUT2D eigenvalue weighted by Crippen LogP contribution is 2.39. The molecular weight excluding hydrogens is 617 g/mol. The summed E-state index contributed by atoms with van der Waals surface area (Å²) in [5.41, 5.74) is 5.15. The summed E-state index contributed by atoms with van der Waals surface area (Å²) in [6.07, 6.45) is 3.82. The fourth-order valence-electron chi connectivity index (χ4n) is 6.94. The van der Waals surface area contributed by atoms with Gasteiger partial charge in [-0.2, -0.15) is 0 Å². The van der Waals surface area contributed by atoms with Crippen molar-refractivity contribution in [2.75, 3.05) is 0 Å². The number of fused-ring (bicyclic) bond motifs is 7. The van der Waals surface area contributed by atoms with Crippen molar-refractivity contribution in [1.29, 1.82) is 0 Å². The molecule has 0 saturated carbocycles. The van der Waals surface area contributed by atoms with Gasteiger partial charge < -0.3 is 0 Å². The molecule has 0 fully saturated rings. The second kappa shape index (κ2) is 11.2. The first-order valence-corrected chi connectivity index (χ1v) is 17.1. The lowest BCUT2D eigenvalue weighted by atomic mass is 9.95. The van der Waals surface area contributed by atoms with E-state index in [0.717, 1.165) is 44.0 Å². The smallest absolute Gasteiger partial charge is 0.164 e. The topological polar surface area (TPSA) is 51.6 Å². The van der Waals surface area contributed by atoms with Crippen LogP contribution in [0.5, 0.6) is 0 Å². The van der Waals surface area contributed by atoms with E-state index in [0.29, 0.717) is 17.5 Å². The molecule has 0 N–H and O–H groups in total. The van der Waals surface area contributed by atoms with E-state index in [1.807, 2.05) is 12.4 Å². The van der Waals surface area contributed by atoms with Crippen LogP contribution >= 0.6 is 11.3 Å². The Labute approximate surface area is 286 Å². The Hall–Kier alpha value is -6.30. The number of thiophene rings is 1. The molecule has 0 aliphatic rings. The Bertz CT molecular complexity index is 2890. The molecule has 0 unspecified atom stereocenters. The van der Waals surface area contributed by atoms with Gasteiger partial charge in [-0.25, -0.2) is 15.0 Å². The van der Waals surface area contributed by atoms with Gasteiger partial charge in [0, 0.05) is 44.6 Å². The summed E-state index contributed by atoms with van der Waals surface area (Å²) in [7, 11) is 0. The van der Waals surface area contributed by atoms with Gasteiger partial charge in [0.25, 0.3) is 0 Å². The normalized spacial score (nSPS) is 11.7. The van der Waals surface area contributed by atoms with Crippen molar-refractivity contribution in [2.45, 2.75) is 0 Å². The summed E-state index contributed by atoms with van der Waals surface area (Å²) in [5.74, 6) is 1.93. The van der Waals surface area contributed by atoms with Crippen molar-refractivity contribution in [3.05, 3.63) is 158 Å². The fourth-order valence-corrected chi connectivity index (χ4v) is 8.15. The summed E-state index contributed by atoms with van der Waals surface area (Å²) >= 11 is 1.79. The van der Waals surface area contributed by atoms with E-state index < -0.39 is 0 Å². The van der Waals surface area contributed by atoms with Crippen LogP contribution in [-0.4, -0.2) is 19.9 Å². The maximum Gasteiger partial charge on any atom is 0.164 e. The zero-order valence-corrected chi connectivity index (χ0v) is 27.0. The van der Waals surface area contributed by atoms with E-state index in [-0.39, 0.29) is 0 Å². The van der Waals surface area contributed by atoms with Crippen LogP contribution in [0.3, 0.4) is 0 Å². The molecule has 0 aliphatic carbocycles. The first kappa shape index (κ1) is 27.8. The van der Waals surface area contributed by atoms with Gasteiger partial charge in [0.05, 0.1) is 4.70 Å². The Morgan fingerprint density at radius 3 is 1.84 bits per heavy atom. The highest BCUT2D eigenvalue weighted by atomic mass is 32.1. The predicted molar refractivity (Wildman–Crippen MR) is 205 cm³/mol. The van der Waals surface area contributed by atoms with E-state index >= 15 is 0 Å². The highest BCUT2D eigenvalue weighted by molar-refractivity contribution is 7.26. The fraction of sp³-hybridized carbons (Fsp3) is 0. The molecule has 0 saturated heterocycles. The maximum absolute atomic E-state index is 5.18. The number of hydrogen-bond acceptors (Lipinski definition) is 5. The maximum atomic E-state index is 5.18. The Balaban J connectivity index is 1.19. The number of aromatic nitrogens is 4. The number of pyridine rings is 1. The largest absolute Gasteiger partial charge is 0.263 e. The standard InChI is InChI=1S/C44H26N4S/c1-2-9-28(10-3-1)39-25-34(24-30-12-6-7-13-35(30)39)44-47-42(32-15-14-27-8-4-5-11-29(27)22-32)46-43(48-44)33-17-18-36-31(23-33)16-19-38-37-20-21-45-26-40(37)49-41(36)38/h1-26H. The quantitative estimate of drug-likeness (QED) is 0.192. The molecule has 0 spiro atoms. The average molecular weight is 643 g/mol. The Kier molecular flexibility index (Phi) is 6.32. The molecule has 0 bridgehead atoms. The lowest BCUT2D eigenvalue weighted by Gasteiger charge is -2.13. The number of rotatable bonds is 4. The molecule has 3 heterocycles. The first-order chi connectivity index (χ1) is 24.2. The summed E-state index contributed by atoms with van der Waals surface area (Å²) in [6, 6.07) is 51.3. The lowest BCUT2D eigenvalue weighted by molar-refractivity contribution is 1.08. The molecule has 0 atom stereocenters. The zero-order valence-electron chi connectivity index (χ0n) is 26.2. The van der Waals surface area contributed by atoms with Crippen LogP contribution in [0.25, 0.3) is 97.8 Å². The number of hydrogen-bond donors (Lipinski definition) is 0. The number of nitrogens with zero attached hydrogens (tertiary/aromatic N) is 4. The van der Waals surface area contributed by atoms with Crippen molar-refractivity contribution < 1.29 is 0 Å². The molecule has 10 aromatic rings. The molecule has 228 valence electrons. The van der Waals surface area contributed by atoms with E-state index in [1.54, 1.807) is 11.3 Å². The van der Waals surface area contributed by atoms with Crippen molar-refractivity contribution >= 4 is 63.8 Å². The SMILES string of the molecule is c1ccc(-c2cc(-c3nc(-c4ccc5ccccc5c4)nc(-c4ccc5c(ccc6c7ccncc7sc56)c4)n3)cc3ccccc23)cc1. The molecule has 49 heavy (non-hydrogen) atoms. The van der Waals surface area contributed by atoms with Crippen LogP contribution in [0.15, 0.2) is 158 Å². The second-order valence-corrected chi connectivity index (χ2v) is 13.4. The molecule has 3 aromatic heterocycles. The van der Waals surface area contributed by atoms with Crippen molar-refractivity contribution in [1.82, 2.24) is 19.9 Å². The van der Waals surface area contributed by atoms with Crippen LogP contribution in [0.1, 0.15) is 0 Å². The van der Waals surface area contributed by atoms with E-state index in [2.05, 4.69) is 151 Å². The summed E-state index contributed by atoms with van der Waals surface area (Å²) in [5, 5.41) is 9.53. The molecule has 4 nitrogen and oxygen atoms in total. The third-order valence-corrected chi connectivity index (χ3v) is 10.6. The monoisotopic (exact) mass is 642 g/mol. The highest BCUT2D eigenvalue weighted by Gasteiger charge is 2.16. The van der Waals surface area contributed by atoms with Crippen LogP contribution in [0.4, 0.5) is 0 Å². The van der Waals surface area contributed by atoms with Gasteiger partial charge in [0.1, 0.15) is 0 Å². The third kappa shape index (κ3) is 4.74. The zero-order chi connectivity index (χ0) is 32.3. The summed E-state index contributed by atoms with van der Waals surface area (Å²) in [6.45, 7) is 0. The molecule has 7 aromatic carbocycles. The first-order valence-electron chi connectivity index (χ1n) is 16.3. The van der Waals surface area contributed by atoms with Gasteiger partial charge in [0.2, 0.25) is 0 Å². The predicted octanol–water partition coefficient (Wildman–Crippen LogP) is 11.8. The minimum Gasteiger partial charge on any atom is -0.263 e. The van der Waals surface area contributed by atoms with E-state index in [4.69, 9.17) is 15.0 Å². The van der Waals surface area contributed by atoms with Crippen LogP contribution in [0, 0.1) is 0 Å². The minimum absolute atomic E-state index is 0.642. The van der Waals surface area contributed by atoms with Crippen molar-refractivity contribution in [3.63, 3.8) is 0 Å². The van der Waals surface area contributed by atoms with Crippen LogP contribution < -0.4 is 0 Å².